The van der Waals surface area contributed by atoms with E-state index in [0.717, 1.165) is 5.69 Å². The molecule has 6 nitrogen and oxygen atoms in total. The number of carbonyl (C=O) groups excluding carboxylic acids is 1. The van der Waals surface area contributed by atoms with Crippen molar-refractivity contribution in [2.24, 2.45) is 0 Å². The van der Waals surface area contributed by atoms with Gasteiger partial charge in [-0.3, -0.25) is 9.78 Å². The van der Waals surface area contributed by atoms with Gasteiger partial charge in [-0.2, -0.15) is 0 Å². The van der Waals surface area contributed by atoms with Crippen LogP contribution in [0.2, 0.25) is 0 Å². The number of rotatable bonds is 3. The zero-order valence-corrected chi connectivity index (χ0v) is 12.2. The average molecular weight is 299 g/mol. The molecule has 0 atom stereocenters. The van der Waals surface area contributed by atoms with Crippen molar-refractivity contribution in [3.8, 4) is 0 Å². The molecule has 1 amide bonds. The quantitative estimate of drug-likeness (QED) is 0.799. The third-order valence-electron chi connectivity index (χ3n) is 3.03. The standard InChI is InChI=1S/C14H13N5OS/c1-19(8-9-4-2-3-5-16-9)14(20)12-10(15)11-13(21-12)18-7-6-17-11/h2-7H,8,15H2,1H3. The van der Waals surface area contributed by atoms with Crippen LogP contribution in [0.5, 0.6) is 0 Å². The first-order valence-electron chi connectivity index (χ1n) is 6.31. The highest BCUT2D eigenvalue weighted by molar-refractivity contribution is 7.21. The maximum atomic E-state index is 12.5. The van der Waals surface area contributed by atoms with E-state index in [4.69, 9.17) is 5.73 Å². The first kappa shape index (κ1) is 13.4. The van der Waals surface area contributed by atoms with Crippen LogP contribution < -0.4 is 5.73 Å². The summed E-state index contributed by atoms with van der Waals surface area (Å²) in [4.78, 5) is 27.8. The molecule has 2 N–H and O–H groups in total. The summed E-state index contributed by atoms with van der Waals surface area (Å²) in [5, 5.41) is 0. The summed E-state index contributed by atoms with van der Waals surface area (Å²) in [6, 6.07) is 5.61. The summed E-state index contributed by atoms with van der Waals surface area (Å²) in [7, 11) is 1.72. The molecule has 0 saturated carbocycles. The van der Waals surface area contributed by atoms with Gasteiger partial charge < -0.3 is 10.6 Å². The summed E-state index contributed by atoms with van der Waals surface area (Å²) in [6.07, 6.45) is 4.86. The second kappa shape index (κ2) is 5.45. The molecule has 7 heteroatoms. The number of nitrogens with two attached hydrogens (primary N) is 1. The van der Waals surface area contributed by atoms with E-state index < -0.39 is 0 Å². The number of hydrogen-bond donors (Lipinski definition) is 1. The maximum Gasteiger partial charge on any atom is 0.266 e. The van der Waals surface area contributed by atoms with Crippen LogP contribution in [0.15, 0.2) is 36.8 Å². The topological polar surface area (TPSA) is 85.0 Å². The van der Waals surface area contributed by atoms with Crippen molar-refractivity contribution in [2.75, 3.05) is 12.8 Å². The van der Waals surface area contributed by atoms with Gasteiger partial charge in [0.25, 0.3) is 5.91 Å². The Morgan fingerprint density at radius 3 is 2.76 bits per heavy atom. The number of thiophene rings is 1. The van der Waals surface area contributed by atoms with Gasteiger partial charge >= 0.3 is 0 Å². The Bertz CT molecular complexity index is 786. The molecule has 21 heavy (non-hydrogen) atoms. The van der Waals surface area contributed by atoms with Crippen molar-refractivity contribution in [1.29, 1.82) is 0 Å². The first-order chi connectivity index (χ1) is 10.2. The smallest absolute Gasteiger partial charge is 0.266 e. The Morgan fingerprint density at radius 1 is 1.24 bits per heavy atom. The Balaban J connectivity index is 1.88. The largest absolute Gasteiger partial charge is 0.396 e. The van der Waals surface area contributed by atoms with Crippen molar-refractivity contribution in [1.82, 2.24) is 19.9 Å². The van der Waals surface area contributed by atoms with E-state index >= 15 is 0 Å². The van der Waals surface area contributed by atoms with Crippen LogP contribution in [0.25, 0.3) is 10.3 Å². The minimum Gasteiger partial charge on any atom is -0.396 e. The predicted molar refractivity (Wildman–Crippen MR) is 81.9 cm³/mol. The monoisotopic (exact) mass is 299 g/mol. The highest BCUT2D eigenvalue weighted by Gasteiger charge is 2.21. The fourth-order valence-corrected chi connectivity index (χ4v) is 3.00. The van der Waals surface area contributed by atoms with Crippen LogP contribution in [-0.2, 0) is 6.54 Å². The predicted octanol–water partition coefficient (Wildman–Crippen LogP) is 1.94. The van der Waals surface area contributed by atoms with Crippen LogP contribution in [0.3, 0.4) is 0 Å². The van der Waals surface area contributed by atoms with Crippen LogP contribution >= 0.6 is 11.3 Å². The SMILES string of the molecule is CN(Cc1ccccn1)C(=O)c1sc2nccnc2c1N. The van der Waals surface area contributed by atoms with Gasteiger partial charge in [0.15, 0.2) is 0 Å². The van der Waals surface area contributed by atoms with Gasteiger partial charge in [-0.05, 0) is 12.1 Å². The zero-order chi connectivity index (χ0) is 14.8. The van der Waals surface area contributed by atoms with Gasteiger partial charge in [0.2, 0.25) is 0 Å². The van der Waals surface area contributed by atoms with Crippen molar-refractivity contribution < 1.29 is 4.79 Å². The number of hydrogen-bond acceptors (Lipinski definition) is 6. The van der Waals surface area contributed by atoms with E-state index in [1.807, 2.05) is 18.2 Å². The molecule has 3 aromatic heterocycles. The fraction of sp³-hybridized carbons (Fsp3) is 0.143. The van der Waals surface area contributed by atoms with Gasteiger partial charge in [-0.1, -0.05) is 6.07 Å². The van der Waals surface area contributed by atoms with Crippen molar-refractivity contribution >= 4 is 33.3 Å². The Labute approximate surface area is 125 Å². The lowest BCUT2D eigenvalue weighted by Gasteiger charge is -2.15. The molecule has 0 aliphatic carbocycles. The number of fused-ring (bicyclic) bond motifs is 1. The number of amides is 1. The van der Waals surface area contributed by atoms with E-state index in [0.29, 0.717) is 27.5 Å². The number of anilines is 1. The average Bonchev–Trinajstić information content (AvgIpc) is 2.85. The summed E-state index contributed by atoms with van der Waals surface area (Å²) in [6.45, 7) is 0.425. The molecule has 0 aromatic carbocycles. The van der Waals surface area contributed by atoms with Crippen LogP contribution in [0.4, 0.5) is 5.69 Å². The molecule has 0 unspecified atom stereocenters. The van der Waals surface area contributed by atoms with Crippen molar-refractivity contribution in [2.45, 2.75) is 6.54 Å². The summed E-state index contributed by atoms with van der Waals surface area (Å²) < 4.78 is 0. The second-order valence-electron chi connectivity index (χ2n) is 4.54. The minimum atomic E-state index is -0.150. The number of aromatic nitrogens is 3. The van der Waals surface area contributed by atoms with Gasteiger partial charge in [-0.25, -0.2) is 9.97 Å². The molecule has 0 saturated heterocycles. The third kappa shape index (κ3) is 2.55. The second-order valence-corrected chi connectivity index (χ2v) is 5.54. The van der Waals surface area contributed by atoms with Gasteiger partial charge in [0, 0.05) is 25.6 Å². The molecule has 0 fully saturated rings. The highest BCUT2D eigenvalue weighted by Crippen LogP contribution is 2.31. The van der Waals surface area contributed by atoms with E-state index in [1.165, 1.54) is 11.3 Å². The Kier molecular flexibility index (Phi) is 3.49. The number of carbonyl (C=O) groups is 1. The lowest BCUT2D eigenvalue weighted by Crippen LogP contribution is -2.26. The zero-order valence-electron chi connectivity index (χ0n) is 11.4. The molecular formula is C14H13N5OS. The van der Waals surface area contributed by atoms with Crippen molar-refractivity contribution in [3.05, 3.63) is 47.4 Å². The Hall–Kier alpha value is -2.54. The van der Waals surface area contributed by atoms with Crippen molar-refractivity contribution in [3.63, 3.8) is 0 Å². The molecular weight excluding hydrogens is 286 g/mol. The lowest BCUT2D eigenvalue weighted by atomic mass is 10.3. The molecule has 3 heterocycles. The van der Waals surface area contributed by atoms with Crippen LogP contribution in [-0.4, -0.2) is 32.8 Å². The van der Waals surface area contributed by atoms with Gasteiger partial charge in [0.05, 0.1) is 17.9 Å². The summed E-state index contributed by atoms with van der Waals surface area (Å²) >= 11 is 1.26. The number of pyridine rings is 1. The van der Waals surface area contributed by atoms with Gasteiger partial charge in [0.1, 0.15) is 15.2 Å². The number of nitrogen functional groups attached to an aromatic ring is 1. The summed E-state index contributed by atoms with van der Waals surface area (Å²) in [5.41, 5.74) is 7.81. The van der Waals surface area contributed by atoms with E-state index in [2.05, 4.69) is 15.0 Å². The molecule has 3 rings (SSSR count). The molecule has 0 bridgehead atoms. The highest BCUT2D eigenvalue weighted by atomic mass is 32.1. The minimum absolute atomic E-state index is 0.150. The number of nitrogens with zero attached hydrogens (tertiary/aromatic N) is 4. The maximum absolute atomic E-state index is 12.5. The molecule has 0 aliphatic heterocycles. The normalized spacial score (nSPS) is 10.7. The van der Waals surface area contributed by atoms with E-state index in [9.17, 15) is 4.79 Å². The third-order valence-corrected chi connectivity index (χ3v) is 4.12. The van der Waals surface area contributed by atoms with E-state index in [1.54, 1.807) is 30.5 Å². The van der Waals surface area contributed by atoms with Crippen LogP contribution in [0, 0.1) is 0 Å². The van der Waals surface area contributed by atoms with Crippen LogP contribution in [0.1, 0.15) is 15.4 Å². The molecule has 0 aliphatic rings. The van der Waals surface area contributed by atoms with E-state index in [-0.39, 0.29) is 5.91 Å². The Morgan fingerprint density at radius 2 is 2.05 bits per heavy atom. The summed E-state index contributed by atoms with van der Waals surface area (Å²) in [5.74, 6) is -0.150. The molecule has 3 aromatic rings. The fourth-order valence-electron chi connectivity index (χ4n) is 1.98. The lowest BCUT2D eigenvalue weighted by molar-refractivity contribution is 0.0789. The van der Waals surface area contributed by atoms with Gasteiger partial charge in [-0.15, -0.1) is 11.3 Å². The first-order valence-corrected chi connectivity index (χ1v) is 7.13. The molecule has 106 valence electrons. The molecule has 0 radical (unpaired) electrons. The molecule has 0 spiro atoms.